The van der Waals surface area contributed by atoms with Gasteiger partial charge in [-0.2, -0.15) is 0 Å². The van der Waals surface area contributed by atoms with Crippen LogP contribution in [0.4, 0.5) is 0 Å². The van der Waals surface area contributed by atoms with Crippen molar-refractivity contribution in [3.05, 3.63) is 24.3 Å². The van der Waals surface area contributed by atoms with Crippen molar-refractivity contribution >= 4 is 19.0 Å². The fourth-order valence-electron chi connectivity index (χ4n) is 1.86. The number of nitrogens with one attached hydrogen (secondary N) is 1. The van der Waals surface area contributed by atoms with Crippen molar-refractivity contribution in [1.29, 1.82) is 0 Å². The predicted molar refractivity (Wildman–Crippen MR) is 90.2 cm³/mol. The minimum atomic E-state index is -2.32. The van der Waals surface area contributed by atoms with Gasteiger partial charge in [-0.3, -0.25) is 14.8 Å². The Hall–Kier alpha value is -1.43. The van der Waals surface area contributed by atoms with E-state index in [0.29, 0.717) is 17.1 Å². The Balaban J connectivity index is 5.01. The van der Waals surface area contributed by atoms with E-state index in [0.717, 1.165) is 6.42 Å². The highest BCUT2D eigenvalue weighted by molar-refractivity contribution is 7.62. The van der Waals surface area contributed by atoms with Crippen molar-refractivity contribution < 1.29 is 24.5 Å². The molecule has 0 aliphatic rings. The Labute approximate surface area is 137 Å². The number of carboxylic acids is 1. The van der Waals surface area contributed by atoms with Crippen molar-refractivity contribution in [3.8, 4) is 0 Å². The van der Waals surface area contributed by atoms with Crippen LogP contribution in [-0.2, 0) is 14.2 Å². The monoisotopic (exact) mass is 346 g/mol. The topological polar surface area (TPSA) is 107 Å². The van der Waals surface area contributed by atoms with Gasteiger partial charge in [-0.15, -0.1) is 0 Å². The van der Waals surface area contributed by atoms with Gasteiger partial charge in [0.15, 0.2) is 0 Å². The second-order valence-electron chi connectivity index (χ2n) is 5.71. The van der Waals surface area contributed by atoms with Gasteiger partial charge in [0.25, 0.3) is 5.91 Å². The van der Waals surface area contributed by atoms with Crippen LogP contribution in [0.15, 0.2) is 24.3 Å². The van der Waals surface area contributed by atoms with Crippen molar-refractivity contribution in [3.63, 3.8) is 0 Å². The molecule has 0 spiro atoms. The number of amides is 1. The molecule has 0 bridgehead atoms. The molecule has 23 heavy (non-hydrogen) atoms. The predicted octanol–water partition coefficient (Wildman–Crippen LogP) is 2.13. The molecule has 0 aliphatic carbocycles. The van der Waals surface area contributed by atoms with Crippen LogP contribution in [0.5, 0.6) is 0 Å². The second kappa shape index (κ2) is 10.4. The Morgan fingerprint density at radius 3 is 2.43 bits per heavy atom. The van der Waals surface area contributed by atoms with Crippen LogP contribution >= 0.6 is 7.14 Å². The molecule has 0 saturated carbocycles. The number of hydrogen-bond acceptors (Lipinski definition) is 5. The molecule has 0 aromatic carbocycles. The fraction of sp³-hybridized carbons (Fsp3) is 0.600. The summed E-state index contributed by atoms with van der Waals surface area (Å²) in [6.45, 7) is 8.51. The maximum atomic E-state index is 12.0. The van der Waals surface area contributed by atoms with Gasteiger partial charge in [-0.05, 0) is 25.3 Å². The number of carbonyl (C=O) groups excluding carboxylic acids is 1. The summed E-state index contributed by atoms with van der Waals surface area (Å²) in [7, 11) is -2.32. The molecule has 0 heterocycles. The standard InChI is InChI=1S/C15H27N2O5P/c1-5-7-8-12(6-2)13(9-15(19)20)17(21)14(18)10-16-11-23(3,4)22/h6,8,13,16,21H,2,5,7,9-11H2,1,3-4H3,(H,19,20)/b12-8+. The first-order valence-electron chi connectivity index (χ1n) is 7.42. The van der Waals surface area contributed by atoms with Crippen molar-refractivity contribution in [2.45, 2.75) is 32.2 Å². The summed E-state index contributed by atoms with van der Waals surface area (Å²) in [5.41, 5.74) is 0.488. The highest BCUT2D eigenvalue weighted by Gasteiger charge is 2.26. The Bertz CT molecular complexity index is 498. The van der Waals surface area contributed by atoms with E-state index in [1.807, 2.05) is 6.92 Å². The molecule has 0 aliphatic heterocycles. The number of aliphatic carboxylic acids is 1. The van der Waals surface area contributed by atoms with E-state index in [9.17, 15) is 19.4 Å². The quantitative estimate of drug-likeness (QED) is 0.229. The first-order chi connectivity index (χ1) is 10.6. The number of rotatable bonds is 11. The summed E-state index contributed by atoms with van der Waals surface area (Å²) >= 11 is 0. The van der Waals surface area contributed by atoms with Gasteiger partial charge in [0.05, 0.1) is 26.1 Å². The highest BCUT2D eigenvalue weighted by Crippen LogP contribution is 2.33. The lowest BCUT2D eigenvalue weighted by atomic mass is 10.0. The summed E-state index contributed by atoms with van der Waals surface area (Å²) in [5.74, 6) is -1.82. The zero-order chi connectivity index (χ0) is 18.0. The molecule has 8 heteroatoms. The molecule has 1 unspecified atom stereocenters. The Kier molecular flexibility index (Phi) is 9.72. The Morgan fingerprint density at radius 1 is 1.39 bits per heavy atom. The molecule has 0 aromatic heterocycles. The summed E-state index contributed by atoms with van der Waals surface area (Å²) in [6.07, 6.45) is 4.48. The van der Waals surface area contributed by atoms with E-state index >= 15 is 0 Å². The normalized spacial score (nSPS) is 13.5. The fourth-order valence-corrected chi connectivity index (χ4v) is 2.51. The molecular weight excluding hydrogens is 319 g/mol. The van der Waals surface area contributed by atoms with Crippen LogP contribution in [0.3, 0.4) is 0 Å². The first-order valence-corrected chi connectivity index (χ1v) is 10.2. The van der Waals surface area contributed by atoms with Gasteiger partial charge < -0.3 is 15.0 Å². The largest absolute Gasteiger partial charge is 0.481 e. The van der Waals surface area contributed by atoms with E-state index in [4.69, 9.17) is 5.11 Å². The van der Waals surface area contributed by atoms with Gasteiger partial charge in [0.1, 0.15) is 0 Å². The Morgan fingerprint density at radius 2 is 2.00 bits per heavy atom. The molecule has 1 amide bonds. The summed E-state index contributed by atoms with van der Waals surface area (Å²) in [5, 5.41) is 22.2. The summed E-state index contributed by atoms with van der Waals surface area (Å²) in [6, 6.07) is -0.999. The van der Waals surface area contributed by atoms with Gasteiger partial charge in [-0.1, -0.05) is 32.1 Å². The summed E-state index contributed by atoms with van der Waals surface area (Å²) in [4.78, 5) is 23.0. The van der Waals surface area contributed by atoms with Crippen molar-refractivity contribution in [2.24, 2.45) is 0 Å². The molecule has 3 N–H and O–H groups in total. The molecule has 1 atom stereocenters. The lowest BCUT2D eigenvalue weighted by Crippen LogP contribution is -2.44. The number of hydrogen-bond donors (Lipinski definition) is 3. The van der Waals surface area contributed by atoms with Gasteiger partial charge in [0.2, 0.25) is 0 Å². The van der Waals surface area contributed by atoms with Crippen LogP contribution in [-0.4, -0.2) is 59.5 Å². The molecule has 132 valence electrons. The van der Waals surface area contributed by atoms with Crippen LogP contribution in [0.1, 0.15) is 26.2 Å². The number of carbonyl (C=O) groups is 2. The lowest BCUT2D eigenvalue weighted by Gasteiger charge is -2.26. The molecule has 0 saturated heterocycles. The third kappa shape index (κ3) is 9.33. The highest BCUT2D eigenvalue weighted by atomic mass is 31.2. The van der Waals surface area contributed by atoms with E-state index in [1.54, 1.807) is 19.4 Å². The zero-order valence-electron chi connectivity index (χ0n) is 14.0. The average molecular weight is 346 g/mol. The molecule has 0 fully saturated rings. The number of carboxylic acid groups (broad SMARTS) is 1. The molecule has 7 nitrogen and oxygen atoms in total. The van der Waals surface area contributed by atoms with Gasteiger partial charge in [0, 0.05) is 6.29 Å². The minimum Gasteiger partial charge on any atom is -0.481 e. The van der Waals surface area contributed by atoms with Crippen LogP contribution in [0.25, 0.3) is 0 Å². The average Bonchev–Trinajstić information content (AvgIpc) is 2.44. The van der Waals surface area contributed by atoms with Crippen LogP contribution < -0.4 is 5.32 Å². The number of allylic oxidation sites excluding steroid dienone is 1. The van der Waals surface area contributed by atoms with Crippen molar-refractivity contribution in [2.75, 3.05) is 26.2 Å². The molecule has 0 rings (SSSR count). The molecule has 0 radical (unpaired) electrons. The maximum Gasteiger partial charge on any atom is 0.305 e. The van der Waals surface area contributed by atoms with Gasteiger partial charge >= 0.3 is 5.97 Å². The number of nitrogens with zero attached hydrogens (tertiary/aromatic N) is 1. The third-order valence-electron chi connectivity index (χ3n) is 2.98. The van der Waals surface area contributed by atoms with Crippen LogP contribution in [0.2, 0.25) is 0 Å². The maximum absolute atomic E-state index is 12.0. The van der Waals surface area contributed by atoms with Crippen molar-refractivity contribution in [1.82, 2.24) is 10.4 Å². The number of unbranched alkanes of at least 4 members (excludes halogenated alkanes) is 1. The molecule has 0 aromatic rings. The SMILES string of the molecule is C=C/C(=C\CCC)C(CC(=O)O)N(O)C(=O)CNCP(C)(C)=O. The smallest absolute Gasteiger partial charge is 0.305 e. The molecular formula is C15H27N2O5P. The zero-order valence-corrected chi connectivity index (χ0v) is 14.9. The van der Waals surface area contributed by atoms with E-state index in [-0.39, 0.29) is 12.8 Å². The van der Waals surface area contributed by atoms with E-state index in [1.165, 1.54) is 6.08 Å². The van der Waals surface area contributed by atoms with Crippen LogP contribution in [0, 0.1) is 0 Å². The van der Waals surface area contributed by atoms with E-state index in [2.05, 4.69) is 11.9 Å². The minimum absolute atomic E-state index is 0.163. The number of hydroxylamine groups is 2. The third-order valence-corrected chi connectivity index (χ3v) is 3.96. The summed E-state index contributed by atoms with van der Waals surface area (Å²) < 4.78 is 11.6. The first kappa shape index (κ1) is 21.6. The van der Waals surface area contributed by atoms with E-state index < -0.39 is 31.5 Å². The lowest BCUT2D eigenvalue weighted by molar-refractivity contribution is -0.173. The second-order valence-corrected chi connectivity index (χ2v) is 9.17. The van der Waals surface area contributed by atoms with Gasteiger partial charge in [-0.25, -0.2) is 5.06 Å².